The highest BCUT2D eigenvalue weighted by atomic mass is 16.3. The Hall–Kier alpha value is -1.65. The number of rotatable bonds is 0. The van der Waals surface area contributed by atoms with Crippen molar-refractivity contribution in [3.63, 3.8) is 0 Å². The maximum Gasteiger partial charge on any atom is 0.265 e. The Morgan fingerprint density at radius 2 is 2.45 bits per heavy atom. The van der Waals surface area contributed by atoms with E-state index in [1.165, 1.54) is 17.0 Å². The molecule has 0 spiro atoms. The lowest BCUT2D eigenvalue weighted by Gasteiger charge is -2.06. The fourth-order valence-corrected chi connectivity index (χ4v) is 0.951. The Balaban J connectivity index is 2.57. The molecule has 0 bridgehead atoms. The van der Waals surface area contributed by atoms with Gasteiger partial charge in [0.25, 0.3) is 5.91 Å². The zero-order chi connectivity index (χ0) is 7.84. The van der Waals surface area contributed by atoms with Gasteiger partial charge in [-0.05, 0) is 0 Å². The lowest BCUT2D eigenvalue weighted by molar-refractivity contribution is -0.118. The molecule has 1 N–H and O–H groups in total. The van der Waals surface area contributed by atoms with Crippen molar-refractivity contribution < 1.29 is 9.90 Å². The van der Waals surface area contributed by atoms with Crippen LogP contribution >= 0.6 is 0 Å². The molecule has 2 heterocycles. The van der Waals surface area contributed by atoms with E-state index in [0.717, 1.165) is 0 Å². The highest BCUT2D eigenvalue weighted by Gasteiger charge is 2.14. The number of fused-ring (bicyclic) bond motifs is 1. The highest BCUT2D eigenvalue weighted by Crippen LogP contribution is 2.12. The third-order valence-electron chi connectivity index (χ3n) is 1.48. The summed E-state index contributed by atoms with van der Waals surface area (Å²) in [7, 11) is 0. The third kappa shape index (κ3) is 0.813. The Kier molecular flexibility index (Phi) is 1.06. The molecule has 56 valence electrons. The molecule has 0 aromatic carbocycles. The number of nitrogens with zero attached hydrogens (tertiary/aromatic N) is 3. The van der Waals surface area contributed by atoms with Crippen molar-refractivity contribution >= 4 is 12.1 Å². The second-order valence-corrected chi connectivity index (χ2v) is 2.21. The number of carbonyl (C=O) groups excluding carboxylic acids is 1. The van der Waals surface area contributed by atoms with Crippen LogP contribution in [0.1, 0.15) is 5.82 Å². The summed E-state index contributed by atoms with van der Waals surface area (Å²) >= 11 is 0. The monoisotopic (exact) mass is 151 g/mol. The van der Waals surface area contributed by atoms with Crippen LogP contribution in [0.5, 0.6) is 5.88 Å². The van der Waals surface area contributed by atoms with Gasteiger partial charge in [0.2, 0.25) is 5.88 Å². The van der Waals surface area contributed by atoms with E-state index in [1.807, 2.05) is 0 Å². The zero-order valence-corrected chi connectivity index (χ0v) is 5.56. The van der Waals surface area contributed by atoms with Gasteiger partial charge in [-0.15, -0.1) is 0 Å². The molecule has 1 amide bonds. The first-order valence-corrected chi connectivity index (χ1v) is 3.09. The average molecular weight is 151 g/mol. The number of aliphatic imine (C=N–C) groups is 1. The third-order valence-corrected chi connectivity index (χ3v) is 1.48. The highest BCUT2D eigenvalue weighted by molar-refractivity contribution is 5.93. The number of aromatic hydroxyl groups is 1. The van der Waals surface area contributed by atoms with Gasteiger partial charge < -0.3 is 5.11 Å². The summed E-state index contributed by atoms with van der Waals surface area (Å²) in [5.74, 6) is 0.243. The molecule has 0 saturated heterocycles. The maximum absolute atomic E-state index is 10.7. The van der Waals surface area contributed by atoms with Gasteiger partial charge >= 0.3 is 0 Å². The van der Waals surface area contributed by atoms with Gasteiger partial charge in [-0.1, -0.05) is 0 Å². The van der Waals surface area contributed by atoms with E-state index < -0.39 is 0 Å². The molecule has 2 rings (SSSR count). The molecule has 1 aromatic rings. The van der Waals surface area contributed by atoms with Gasteiger partial charge in [0.1, 0.15) is 6.54 Å². The van der Waals surface area contributed by atoms with Gasteiger partial charge in [-0.2, -0.15) is 0 Å². The predicted molar refractivity (Wildman–Crippen MR) is 36.5 cm³/mol. The molecule has 0 radical (unpaired) electrons. The molecule has 1 aromatic heterocycles. The minimum atomic E-state index is -0.272. The molecule has 1 aliphatic heterocycles. The Bertz CT molecular complexity index is 340. The Labute approximate surface area is 62.0 Å². The van der Waals surface area contributed by atoms with E-state index in [1.54, 1.807) is 0 Å². The molecule has 0 aliphatic carbocycles. The van der Waals surface area contributed by atoms with Crippen LogP contribution in [0, 0.1) is 0 Å². The normalized spacial score (nSPS) is 15.1. The molecular formula is C6H5N3O2. The van der Waals surface area contributed by atoms with Crippen LogP contribution in [0.4, 0.5) is 0 Å². The van der Waals surface area contributed by atoms with Crippen LogP contribution in [0.15, 0.2) is 11.2 Å². The van der Waals surface area contributed by atoms with Crippen molar-refractivity contribution in [2.24, 2.45) is 4.99 Å². The van der Waals surface area contributed by atoms with Crippen molar-refractivity contribution in [1.29, 1.82) is 0 Å². The minimum Gasteiger partial charge on any atom is -0.493 e. The summed E-state index contributed by atoms with van der Waals surface area (Å²) in [6.07, 6.45) is 2.63. The second kappa shape index (κ2) is 1.91. The SMILES string of the molecule is O=C1Cn2c(O)cnc2C=N1. The van der Waals surface area contributed by atoms with E-state index in [-0.39, 0.29) is 18.3 Å². The standard InChI is InChI=1S/C6H5N3O2/c10-5-3-9-4(1-8-5)7-2-6(9)11/h1-2,11H,3H2. The Morgan fingerprint density at radius 1 is 1.64 bits per heavy atom. The van der Waals surface area contributed by atoms with Gasteiger partial charge in [0.15, 0.2) is 5.82 Å². The first kappa shape index (κ1) is 6.09. The smallest absolute Gasteiger partial charge is 0.265 e. The average Bonchev–Trinajstić information content (AvgIpc) is 2.33. The van der Waals surface area contributed by atoms with E-state index in [2.05, 4.69) is 9.98 Å². The van der Waals surface area contributed by atoms with Crippen LogP contribution in [-0.2, 0) is 11.3 Å². The molecule has 0 fully saturated rings. The van der Waals surface area contributed by atoms with Gasteiger partial charge in [-0.25, -0.2) is 9.98 Å². The van der Waals surface area contributed by atoms with E-state index in [0.29, 0.717) is 5.82 Å². The van der Waals surface area contributed by atoms with Crippen LogP contribution in [0.3, 0.4) is 0 Å². The van der Waals surface area contributed by atoms with Crippen LogP contribution < -0.4 is 0 Å². The number of aromatic nitrogens is 2. The van der Waals surface area contributed by atoms with E-state index in [9.17, 15) is 4.79 Å². The minimum absolute atomic E-state index is 0.000463. The second-order valence-electron chi connectivity index (χ2n) is 2.21. The quantitative estimate of drug-likeness (QED) is 0.546. The van der Waals surface area contributed by atoms with Crippen molar-refractivity contribution in [1.82, 2.24) is 9.55 Å². The number of hydrogen-bond acceptors (Lipinski definition) is 3. The molecule has 0 atom stereocenters. The van der Waals surface area contributed by atoms with Crippen molar-refractivity contribution in [3.8, 4) is 5.88 Å². The molecule has 5 nitrogen and oxygen atoms in total. The molecule has 1 aliphatic rings. The first-order chi connectivity index (χ1) is 5.27. The molecule has 0 saturated carbocycles. The lowest BCUT2D eigenvalue weighted by atomic mass is 10.5. The fourth-order valence-electron chi connectivity index (χ4n) is 0.951. The topological polar surface area (TPSA) is 67.5 Å². The van der Waals surface area contributed by atoms with Gasteiger partial charge in [0, 0.05) is 0 Å². The first-order valence-electron chi connectivity index (χ1n) is 3.09. The zero-order valence-electron chi connectivity index (χ0n) is 5.56. The van der Waals surface area contributed by atoms with Crippen molar-refractivity contribution in [3.05, 3.63) is 12.0 Å². The van der Waals surface area contributed by atoms with E-state index >= 15 is 0 Å². The molecule has 0 unspecified atom stereocenters. The summed E-state index contributed by atoms with van der Waals surface area (Å²) in [5.41, 5.74) is 0. The predicted octanol–water partition coefficient (Wildman–Crippen LogP) is -0.452. The molecular weight excluding hydrogens is 146 g/mol. The lowest BCUT2D eigenvalue weighted by Crippen LogP contribution is -2.15. The van der Waals surface area contributed by atoms with Crippen LogP contribution in [0.2, 0.25) is 0 Å². The number of amides is 1. The Morgan fingerprint density at radius 3 is 3.27 bits per heavy atom. The summed E-state index contributed by atoms with van der Waals surface area (Å²) in [6.45, 7) is 0.0810. The van der Waals surface area contributed by atoms with Gasteiger partial charge in [0.05, 0.1) is 12.4 Å². The molecule has 5 heteroatoms. The fraction of sp³-hybridized carbons (Fsp3) is 0.167. The van der Waals surface area contributed by atoms with Crippen molar-refractivity contribution in [2.75, 3.05) is 0 Å². The number of hydrogen-bond donors (Lipinski definition) is 1. The number of carbonyl (C=O) groups is 1. The van der Waals surface area contributed by atoms with Crippen LogP contribution in [0.25, 0.3) is 0 Å². The molecule has 11 heavy (non-hydrogen) atoms. The largest absolute Gasteiger partial charge is 0.493 e. The summed E-state index contributed by atoms with van der Waals surface area (Å²) in [6, 6.07) is 0. The van der Waals surface area contributed by atoms with Crippen LogP contribution in [-0.4, -0.2) is 26.8 Å². The number of imidazole rings is 1. The van der Waals surface area contributed by atoms with Gasteiger partial charge in [-0.3, -0.25) is 9.36 Å². The van der Waals surface area contributed by atoms with E-state index in [4.69, 9.17) is 5.11 Å². The summed E-state index contributed by atoms with van der Waals surface area (Å²) in [5, 5.41) is 9.10. The summed E-state index contributed by atoms with van der Waals surface area (Å²) in [4.78, 5) is 18.0. The van der Waals surface area contributed by atoms with Crippen molar-refractivity contribution in [2.45, 2.75) is 6.54 Å². The maximum atomic E-state index is 10.7. The summed E-state index contributed by atoms with van der Waals surface area (Å²) < 4.78 is 1.40.